The average Bonchev–Trinajstić information content (AvgIpc) is 2.61. The number of nitrogens with one attached hydrogen (secondary N) is 3. The van der Waals surface area contributed by atoms with Crippen molar-refractivity contribution in [1.82, 2.24) is 16.0 Å². The molecule has 1 aromatic rings. The Balaban J connectivity index is 0.00000576. The van der Waals surface area contributed by atoms with Crippen LogP contribution in [0.2, 0.25) is 0 Å². The summed E-state index contributed by atoms with van der Waals surface area (Å²) in [7, 11) is 1.62. The quantitative estimate of drug-likeness (QED) is 0.212. The Hall–Kier alpha value is -1.55. The molecule has 0 saturated carbocycles. The number of ether oxygens (including phenoxy) is 2. The number of aliphatic imine (C=N–C) groups is 1. The average molecular weight is 464 g/mol. The molecule has 0 saturated heterocycles. The highest BCUT2D eigenvalue weighted by molar-refractivity contribution is 14.0. The van der Waals surface area contributed by atoms with Crippen LogP contribution in [0.3, 0.4) is 0 Å². The van der Waals surface area contributed by atoms with E-state index in [4.69, 9.17) is 9.47 Å². The van der Waals surface area contributed by atoms with E-state index >= 15 is 0 Å². The molecule has 8 heteroatoms. The molecule has 0 aliphatic rings. The van der Waals surface area contributed by atoms with Gasteiger partial charge in [0.05, 0.1) is 13.7 Å². The number of rotatable bonds is 10. The summed E-state index contributed by atoms with van der Waals surface area (Å²) in [5.41, 5.74) is 1.01. The van der Waals surface area contributed by atoms with Crippen LogP contribution >= 0.6 is 24.0 Å². The van der Waals surface area contributed by atoms with Crippen molar-refractivity contribution in [2.24, 2.45) is 4.99 Å². The Morgan fingerprint density at radius 1 is 1.12 bits per heavy atom. The number of carbonyl (C=O) groups excluding carboxylic acids is 1. The first-order valence-corrected chi connectivity index (χ1v) is 8.19. The van der Waals surface area contributed by atoms with Crippen LogP contribution in [0.15, 0.2) is 29.3 Å². The summed E-state index contributed by atoms with van der Waals surface area (Å²) in [6.45, 7) is 7.12. The van der Waals surface area contributed by atoms with Gasteiger partial charge in [-0.2, -0.15) is 0 Å². The van der Waals surface area contributed by atoms with Gasteiger partial charge in [0.1, 0.15) is 12.3 Å². The van der Waals surface area contributed by atoms with E-state index in [1.165, 1.54) is 0 Å². The Bertz CT molecular complexity index is 509. The van der Waals surface area contributed by atoms with Gasteiger partial charge in [0.2, 0.25) is 5.91 Å². The Morgan fingerprint density at radius 3 is 2.44 bits per heavy atom. The topological polar surface area (TPSA) is 84.0 Å². The molecule has 0 unspecified atom stereocenters. The van der Waals surface area contributed by atoms with Gasteiger partial charge in [-0.15, -0.1) is 24.0 Å². The maximum absolute atomic E-state index is 11.9. The van der Waals surface area contributed by atoms with Gasteiger partial charge in [0.15, 0.2) is 5.96 Å². The monoisotopic (exact) mass is 464 g/mol. The van der Waals surface area contributed by atoms with Crippen LogP contribution in [-0.4, -0.2) is 51.8 Å². The smallest absolute Gasteiger partial charge is 0.242 e. The largest absolute Gasteiger partial charge is 0.497 e. The number of methoxy groups -OCH3 is 1. The number of amides is 1. The predicted octanol–water partition coefficient (Wildman–Crippen LogP) is 1.52. The second-order valence-corrected chi connectivity index (χ2v) is 4.94. The first kappa shape index (κ1) is 23.4. The normalized spacial score (nSPS) is 10.6. The molecule has 1 amide bonds. The summed E-state index contributed by atoms with van der Waals surface area (Å²) in [5.74, 6) is 1.27. The van der Waals surface area contributed by atoms with Crippen molar-refractivity contribution < 1.29 is 14.3 Å². The van der Waals surface area contributed by atoms with Gasteiger partial charge in [-0.05, 0) is 31.5 Å². The highest BCUT2D eigenvalue weighted by Crippen LogP contribution is 2.10. The van der Waals surface area contributed by atoms with Crippen molar-refractivity contribution in [3.63, 3.8) is 0 Å². The number of benzene rings is 1. The minimum absolute atomic E-state index is 0. The van der Waals surface area contributed by atoms with E-state index in [0.717, 1.165) is 17.9 Å². The van der Waals surface area contributed by atoms with Gasteiger partial charge < -0.3 is 25.4 Å². The zero-order valence-corrected chi connectivity index (χ0v) is 17.5. The number of guanidine groups is 1. The maximum atomic E-state index is 11.9. The lowest BCUT2D eigenvalue weighted by atomic mass is 10.2. The maximum Gasteiger partial charge on any atom is 0.242 e. The van der Waals surface area contributed by atoms with Crippen LogP contribution in [-0.2, 0) is 16.1 Å². The minimum atomic E-state index is -0.132. The molecule has 0 radical (unpaired) electrons. The van der Waals surface area contributed by atoms with Crippen molar-refractivity contribution >= 4 is 35.8 Å². The van der Waals surface area contributed by atoms with Gasteiger partial charge in [0, 0.05) is 26.2 Å². The van der Waals surface area contributed by atoms with Crippen LogP contribution in [0, 0.1) is 0 Å². The summed E-state index contributed by atoms with van der Waals surface area (Å²) in [6.07, 6.45) is 0. The van der Waals surface area contributed by atoms with E-state index in [1.54, 1.807) is 7.11 Å². The highest BCUT2D eigenvalue weighted by atomic mass is 127. The zero-order chi connectivity index (χ0) is 17.6. The summed E-state index contributed by atoms with van der Waals surface area (Å²) in [6, 6.07) is 7.57. The van der Waals surface area contributed by atoms with Gasteiger partial charge >= 0.3 is 0 Å². The van der Waals surface area contributed by atoms with E-state index in [2.05, 4.69) is 20.9 Å². The second-order valence-electron chi connectivity index (χ2n) is 4.94. The van der Waals surface area contributed by atoms with Gasteiger partial charge in [-0.1, -0.05) is 12.1 Å². The van der Waals surface area contributed by atoms with Crippen LogP contribution in [0.1, 0.15) is 19.4 Å². The Kier molecular flexibility index (Phi) is 13.8. The van der Waals surface area contributed by atoms with Crippen molar-refractivity contribution in [2.45, 2.75) is 20.4 Å². The number of carbonyl (C=O) groups is 1. The molecule has 7 nitrogen and oxygen atoms in total. The predicted molar refractivity (Wildman–Crippen MR) is 111 cm³/mol. The third kappa shape index (κ3) is 10.8. The standard InChI is InChI=1S/C17H28N4O3.HI/c1-4-18-17(19-10-11-24-5-2)21-13-16(22)20-12-14-6-8-15(23-3)9-7-14;/h6-9H,4-5,10-13H2,1-3H3,(H,20,22)(H2,18,19,21);1H. The molecule has 0 atom stereocenters. The number of nitrogens with zero attached hydrogens (tertiary/aromatic N) is 1. The van der Waals surface area contributed by atoms with E-state index in [9.17, 15) is 4.79 Å². The fraction of sp³-hybridized carbons (Fsp3) is 0.529. The number of hydrogen-bond acceptors (Lipinski definition) is 4. The third-order valence-corrected chi connectivity index (χ3v) is 3.12. The van der Waals surface area contributed by atoms with Crippen molar-refractivity contribution in [3.8, 4) is 5.75 Å². The fourth-order valence-electron chi connectivity index (χ4n) is 1.88. The molecular weight excluding hydrogens is 435 g/mol. The molecule has 0 aliphatic heterocycles. The van der Waals surface area contributed by atoms with Gasteiger partial charge in [-0.25, -0.2) is 4.99 Å². The molecule has 3 N–H and O–H groups in total. The summed E-state index contributed by atoms with van der Waals surface area (Å²) in [5, 5.41) is 9.05. The SMILES string of the molecule is CCNC(=NCC(=O)NCc1ccc(OC)cc1)NCCOCC.I. The summed E-state index contributed by atoms with van der Waals surface area (Å²) in [4.78, 5) is 16.2. The first-order chi connectivity index (χ1) is 11.7. The number of halogens is 1. The lowest BCUT2D eigenvalue weighted by molar-refractivity contribution is -0.119. The van der Waals surface area contributed by atoms with E-state index in [-0.39, 0.29) is 36.4 Å². The van der Waals surface area contributed by atoms with Crippen molar-refractivity contribution in [2.75, 3.05) is 40.0 Å². The molecule has 0 aromatic heterocycles. The first-order valence-electron chi connectivity index (χ1n) is 8.19. The van der Waals surface area contributed by atoms with E-state index in [1.807, 2.05) is 38.1 Å². The molecule has 0 bridgehead atoms. The molecule has 1 rings (SSSR count). The molecular formula is C17H29IN4O3. The summed E-state index contributed by atoms with van der Waals surface area (Å²) >= 11 is 0. The molecule has 0 aliphatic carbocycles. The fourth-order valence-corrected chi connectivity index (χ4v) is 1.88. The molecule has 1 aromatic carbocycles. The zero-order valence-electron chi connectivity index (χ0n) is 15.1. The van der Waals surface area contributed by atoms with Crippen molar-refractivity contribution in [3.05, 3.63) is 29.8 Å². The highest BCUT2D eigenvalue weighted by Gasteiger charge is 2.02. The Labute approximate surface area is 167 Å². The van der Waals surface area contributed by atoms with Gasteiger partial charge in [-0.3, -0.25) is 4.79 Å². The van der Waals surface area contributed by atoms with Crippen LogP contribution in [0.5, 0.6) is 5.75 Å². The number of hydrogen-bond donors (Lipinski definition) is 3. The molecule has 25 heavy (non-hydrogen) atoms. The minimum Gasteiger partial charge on any atom is -0.497 e. The van der Waals surface area contributed by atoms with E-state index < -0.39 is 0 Å². The molecule has 0 heterocycles. The lowest BCUT2D eigenvalue weighted by Crippen LogP contribution is -2.40. The van der Waals surface area contributed by atoms with Crippen molar-refractivity contribution in [1.29, 1.82) is 0 Å². The third-order valence-electron chi connectivity index (χ3n) is 3.12. The lowest BCUT2D eigenvalue weighted by Gasteiger charge is -2.11. The molecule has 0 spiro atoms. The van der Waals surface area contributed by atoms with E-state index in [0.29, 0.717) is 32.3 Å². The molecule has 0 fully saturated rings. The summed E-state index contributed by atoms with van der Waals surface area (Å²) < 4.78 is 10.4. The van der Waals surface area contributed by atoms with Gasteiger partial charge in [0.25, 0.3) is 0 Å². The van der Waals surface area contributed by atoms with Crippen LogP contribution in [0.4, 0.5) is 0 Å². The second kappa shape index (κ2) is 14.8. The van der Waals surface area contributed by atoms with Crippen LogP contribution < -0.4 is 20.7 Å². The Morgan fingerprint density at radius 2 is 1.84 bits per heavy atom. The van der Waals surface area contributed by atoms with Crippen LogP contribution in [0.25, 0.3) is 0 Å². The molecule has 142 valence electrons.